The molecular formula is C24H29N5OS. The van der Waals surface area contributed by atoms with E-state index in [-0.39, 0.29) is 5.91 Å². The fourth-order valence-corrected chi connectivity index (χ4v) is 5.09. The van der Waals surface area contributed by atoms with Crippen molar-refractivity contribution in [3.63, 3.8) is 0 Å². The second-order valence-electron chi connectivity index (χ2n) is 8.68. The maximum atomic E-state index is 12.9. The topological polar surface area (TPSA) is 63.9 Å². The van der Waals surface area contributed by atoms with Gasteiger partial charge in [0.2, 0.25) is 5.91 Å². The summed E-state index contributed by atoms with van der Waals surface area (Å²) in [4.78, 5) is 19.0. The zero-order valence-electron chi connectivity index (χ0n) is 18.6. The van der Waals surface area contributed by atoms with Crippen LogP contribution in [-0.2, 0) is 4.79 Å². The van der Waals surface area contributed by atoms with Crippen LogP contribution in [0.5, 0.6) is 0 Å². The molecule has 0 bridgehead atoms. The number of rotatable bonds is 5. The van der Waals surface area contributed by atoms with Crippen molar-refractivity contribution in [3.05, 3.63) is 53.9 Å². The van der Waals surface area contributed by atoms with Crippen molar-refractivity contribution in [1.29, 1.82) is 0 Å². The van der Waals surface area contributed by atoms with E-state index in [9.17, 15) is 4.79 Å². The second-order valence-corrected chi connectivity index (χ2v) is 9.62. The number of hydrogen-bond acceptors (Lipinski definition) is 5. The first kappa shape index (κ1) is 21.6. The van der Waals surface area contributed by atoms with Gasteiger partial charge in [-0.2, -0.15) is 0 Å². The van der Waals surface area contributed by atoms with Gasteiger partial charge in [-0.1, -0.05) is 31.7 Å². The highest BCUT2D eigenvalue weighted by molar-refractivity contribution is 7.99. The van der Waals surface area contributed by atoms with E-state index in [4.69, 9.17) is 0 Å². The lowest BCUT2D eigenvalue weighted by Crippen LogP contribution is -2.43. The van der Waals surface area contributed by atoms with Crippen LogP contribution in [0.3, 0.4) is 0 Å². The molecule has 1 aliphatic rings. The van der Waals surface area contributed by atoms with E-state index in [2.05, 4.69) is 61.1 Å². The van der Waals surface area contributed by atoms with Gasteiger partial charge in [-0.15, -0.1) is 10.2 Å². The number of carbonyl (C=O) groups is 1. The van der Waals surface area contributed by atoms with Crippen LogP contribution in [0.4, 0.5) is 0 Å². The van der Waals surface area contributed by atoms with E-state index in [0.29, 0.717) is 17.6 Å². The van der Waals surface area contributed by atoms with Crippen LogP contribution in [0.15, 0.2) is 47.9 Å². The number of carbonyl (C=O) groups excluding carboxylic acids is 1. The lowest BCUT2D eigenvalue weighted by Gasteiger charge is -2.35. The van der Waals surface area contributed by atoms with Gasteiger partial charge >= 0.3 is 0 Å². The van der Waals surface area contributed by atoms with Gasteiger partial charge in [0.05, 0.1) is 11.4 Å². The summed E-state index contributed by atoms with van der Waals surface area (Å²) >= 11 is 1.45. The van der Waals surface area contributed by atoms with Crippen LogP contribution < -0.4 is 0 Å². The van der Waals surface area contributed by atoms with Gasteiger partial charge in [-0.3, -0.25) is 14.3 Å². The Morgan fingerprint density at radius 1 is 1.03 bits per heavy atom. The number of thioether (sulfide) groups is 1. The molecule has 31 heavy (non-hydrogen) atoms. The minimum atomic E-state index is 0.170. The highest BCUT2D eigenvalue weighted by Gasteiger charge is 2.26. The zero-order chi connectivity index (χ0) is 22.0. The third-order valence-corrected chi connectivity index (χ3v) is 6.78. The van der Waals surface area contributed by atoms with Gasteiger partial charge in [-0.05, 0) is 67.5 Å². The van der Waals surface area contributed by atoms with E-state index < -0.39 is 0 Å². The lowest BCUT2D eigenvalue weighted by molar-refractivity contribution is -0.130. The Bertz CT molecular complexity index is 1060. The van der Waals surface area contributed by atoms with Crippen LogP contribution in [0.25, 0.3) is 17.1 Å². The molecule has 0 spiro atoms. The normalized spacial score (nSPS) is 18.9. The highest BCUT2D eigenvalue weighted by atomic mass is 32.2. The van der Waals surface area contributed by atoms with Crippen molar-refractivity contribution in [2.75, 3.05) is 18.8 Å². The number of pyridine rings is 1. The summed E-state index contributed by atoms with van der Waals surface area (Å²) in [5, 5.41) is 9.65. The van der Waals surface area contributed by atoms with Crippen LogP contribution in [-0.4, -0.2) is 49.4 Å². The monoisotopic (exact) mass is 435 g/mol. The number of benzene rings is 1. The van der Waals surface area contributed by atoms with E-state index >= 15 is 0 Å². The molecule has 1 aromatic carbocycles. The molecule has 1 fully saturated rings. The zero-order valence-corrected chi connectivity index (χ0v) is 19.4. The summed E-state index contributed by atoms with van der Waals surface area (Å²) in [6, 6.07) is 10.2. The van der Waals surface area contributed by atoms with Gasteiger partial charge in [0.25, 0.3) is 0 Å². The first-order valence-electron chi connectivity index (χ1n) is 10.8. The quantitative estimate of drug-likeness (QED) is 0.551. The second kappa shape index (κ2) is 9.22. The Hall–Kier alpha value is -2.67. The van der Waals surface area contributed by atoms with Gasteiger partial charge in [-0.25, -0.2) is 0 Å². The van der Waals surface area contributed by atoms with Crippen molar-refractivity contribution in [2.24, 2.45) is 11.8 Å². The third kappa shape index (κ3) is 4.82. The number of piperidine rings is 1. The van der Waals surface area contributed by atoms with Crippen molar-refractivity contribution in [3.8, 4) is 17.1 Å². The predicted molar refractivity (Wildman–Crippen MR) is 124 cm³/mol. The minimum absolute atomic E-state index is 0.170. The molecular weight excluding hydrogens is 406 g/mol. The molecule has 1 amide bonds. The average molecular weight is 436 g/mol. The lowest BCUT2D eigenvalue weighted by atomic mass is 9.92. The molecule has 7 heteroatoms. The fraction of sp³-hybridized carbons (Fsp3) is 0.417. The molecule has 0 aliphatic carbocycles. The smallest absolute Gasteiger partial charge is 0.233 e. The van der Waals surface area contributed by atoms with Crippen molar-refractivity contribution in [1.82, 2.24) is 24.6 Å². The van der Waals surface area contributed by atoms with Crippen LogP contribution in [0.2, 0.25) is 0 Å². The van der Waals surface area contributed by atoms with Crippen LogP contribution in [0, 0.1) is 25.7 Å². The maximum Gasteiger partial charge on any atom is 0.233 e. The van der Waals surface area contributed by atoms with Gasteiger partial charge in [0.15, 0.2) is 11.0 Å². The molecule has 1 saturated heterocycles. The van der Waals surface area contributed by atoms with E-state index in [1.54, 1.807) is 12.4 Å². The van der Waals surface area contributed by atoms with Gasteiger partial charge in [0, 0.05) is 31.0 Å². The van der Waals surface area contributed by atoms with Crippen molar-refractivity contribution in [2.45, 2.75) is 39.3 Å². The number of aryl methyl sites for hydroxylation is 2. The maximum absolute atomic E-state index is 12.9. The largest absolute Gasteiger partial charge is 0.341 e. The Kier molecular flexibility index (Phi) is 6.41. The van der Waals surface area contributed by atoms with E-state index in [1.807, 2.05) is 21.6 Å². The third-order valence-electron chi connectivity index (χ3n) is 5.87. The Balaban J connectivity index is 1.62. The SMILES string of the molecule is Cc1ccc(-n2c(SCC(=O)N3CC(C)CC(C)C3)nnc2-c2ccncc2)cc1C. The van der Waals surface area contributed by atoms with E-state index in [1.165, 1.54) is 29.3 Å². The standard InChI is InChI=1S/C24H29N5OS/c1-16-11-17(2)14-28(13-16)22(30)15-31-24-27-26-23(20-7-9-25-10-8-20)29(24)21-6-5-18(3)19(4)12-21/h5-10,12,16-17H,11,13-15H2,1-4H3. The summed E-state index contributed by atoms with van der Waals surface area (Å²) < 4.78 is 2.04. The minimum Gasteiger partial charge on any atom is -0.341 e. The van der Waals surface area contributed by atoms with Crippen molar-refractivity contribution < 1.29 is 4.79 Å². The molecule has 162 valence electrons. The molecule has 3 aromatic rings. The number of amides is 1. The average Bonchev–Trinajstić information content (AvgIpc) is 3.18. The molecule has 6 nitrogen and oxygen atoms in total. The first-order chi connectivity index (χ1) is 14.9. The molecule has 3 heterocycles. The van der Waals surface area contributed by atoms with E-state index in [0.717, 1.165) is 35.3 Å². The molecule has 4 rings (SSSR count). The first-order valence-corrected chi connectivity index (χ1v) is 11.7. The van der Waals surface area contributed by atoms with Crippen LogP contribution in [0.1, 0.15) is 31.4 Å². The summed E-state index contributed by atoms with van der Waals surface area (Å²) in [6.45, 7) is 10.3. The highest BCUT2D eigenvalue weighted by Crippen LogP contribution is 2.29. The summed E-state index contributed by atoms with van der Waals surface area (Å²) in [5.74, 6) is 2.38. The molecule has 0 radical (unpaired) electrons. The van der Waals surface area contributed by atoms with Crippen LogP contribution >= 0.6 is 11.8 Å². The Labute approximate surface area is 188 Å². The summed E-state index contributed by atoms with van der Waals surface area (Å²) in [6.07, 6.45) is 4.70. The Morgan fingerprint density at radius 3 is 2.42 bits per heavy atom. The number of likely N-dealkylation sites (tertiary alicyclic amines) is 1. The molecule has 0 saturated carbocycles. The fourth-order valence-electron chi connectivity index (χ4n) is 4.23. The molecule has 0 N–H and O–H groups in total. The summed E-state index contributed by atoms with van der Waals surface area (Å²) in [5.41, 5.74) is 4.38. The number of nitrogens with zero attached hydrogens (tertiary/aromatic N) is 5. The Morgan fingerprint density at radius 2 is 1.74 bits per heavy atom. The number of aromatic nitrogens is 4. The van der Waals surface area contributed by atoms with Gasteiger partial charge in [0.1, 0.15) is 0 Å². The summed E-state index contributed by atoms with van der Waals surface area (Å²) in [7, 11) is 0. The van der Waals surface area contributed by atoms with Gasteiger partial charge < -0.3 is 4.90 Å². The molecule has 1 aliphatic heterocycles. The number of hydrogen-bond donors (Lipinski definition) is 0. The predicted octanol–water partition coefficient (Wildman–Crippen LogP) is 4.54. The molecule has 2 unspecified atom stereocenters. The molecule has 2 atom stereocenters. The van der Waals surface area contributed by atoms with Crippen molar-refractivity contribution >= 4 is 17.7 Å². The molecule has 2 aromatic heterocycles.